The summed E-state index contributed by atoms with van der Waals surface area (Å²) in [6.07, 6.45) is 1.96. The quantitative estimate of drug-likeness (QED) is 0.369. The number of benzene rings is 2. The summed E-state index contributed by atoms with van der Waals surface area (Å²) < 4.78 is 11.3. The van der Waals surface area contributed by atoms with E-state index in [-0.39, 0.29) is 5.91 Å². The summed E-state index contributed by atoms with van der Waals surface area (Å²) in [6, 6.07) is 13.3. The minimum Gasteiger partial charge on any atom is -0.494 e. The second-order valence-electron chi connectivity index (χ2n) is 6.82. The maximum Gasteiger partial charge on any atom is 0.226 e. The molecular weight excluding hydrogens is 420 g/mol. The Morgan fingerprint density at radius 1 is 1.10 bits per heavy atom. The lowest BCUT2D eigenvalue weighted by Crippen LogP contribution is -2.12. The molecule has 0 atom stereocenters. The van der Waals surface area contributed by atoms with Crippen LogP contribution in [0, 0.1) is 6.92 Å². The lowest BCUT2D eigenvalue weighted by atomic mass is 10.2. The molecule has 158 valence electrons. The van der Waals surface area contributed by atoms with Gasteiger partial charge in [-0.25, -0.2) is 4.98 Å². The van der Waals surface area contributed by atoms with Crippen LogP contribution in [0.3, 0.4) is 0 Å². The fourth-order valence-electron chi connectivity index (χ4n) is 2.72. The van der Waals surface area contributed by atoms with Crippen LogP contribution in [0.2, 0.25) is 5.02 Å². The third kappa shape index (κ3) is 6.47. The molecule has 0 spiro atoms. The topological polar surface area (TPSA) is 60.5 Å². The number of hydrogen-bond donors (Lipinski definition) is 1. The fourth-order valence-corrected chi connectivity index (χ4v) is 3.57. The third-order valence-corrected chi connectivity index (χ3v) is 5.50. The highest BCUT2D eigenvalue weighted by Gasteiger charge is 2.09. The fraction of sp³-hybridized carbons (Fsp3) is 0.304. The number of rotatable bonds is 10. The first-order chi connectivity index (χ1) is 14.5. The summed E-state index contributed by atoms with van der Waals surface area (Å²) in [7, 11) is 0. The third-order valence-electron chi connectivity index (χ3n) is 4.32. The van der Waals surface area contributed by atoms with E-state index in [0.717, 1.165) is 34.7 Å². The van der Waals surface area contributed by atoms with Crippen molar-refractivity contribution >= 4 is 34.0 Å². The van der Waals surface area contributed by atoms with E-state index in [2.05, 4.69) is 17.2 Å². The van der Waals surface area contributed by atoms with Crippen molar-refractivity contribution in [1.29, 1.82) is 0 Å². The molecular formula is C23H25ClN2O3S. The molecule has 30 heavy (non-hydrogen) atoms. The highest BCUT2D eigenvalue weighted by molar-refractivity contribution is 7.14. The van der Waals surface area contributed by atoms with Gasteiger partial charge < -0.3 is 14.8 Å². The minimum absolute atomic E-state index is 0.0740. The Labute approximate surface area is 186 Å². The molecule has 1 heterocycles. The molecule has 3 aromatic rings. The number of anilines is 1. The molecule has 1 aromatic heterocycles. The van der Waals surface area contributed by atoms with Crippen molar-refractivity contribution in [1.82, 2.24) is 4.98 Å². The number of carbonyl (C=O) groups excluding carboxylic acids is 1. The van der Waals surface area contributed by atoms with Crippen LogP contribution < -0.4 is 14.8 Å². The number of aryl methyl sites for hydroxylation is 1. The molecule has 7 heteroatoms. The zero-order chi connectivity index (χ0) is 21.3. The van der Waals surface area contributed by atoms with Crippen molar-refractivity contribution in [3.63, 3.8) is 0 Å². The van der Waals surface area contributed by atoms with Gasteiger partial charge in [0, 0.05) is 22.4 Å². The van der Waals surface area contributed by atoms with E-state index < -0.39 is 0 Å². The average Bonchev–Trinajstić information content (AvgIpc) is 3.21. The van der Waals surface area contributed by atoms with Crippen LogP contribution in [0.15, 0.2) is 47.8 Å². The van der Waals surface area contributed by atoms with Gasteiger partial charge in [-0.15, -0.1) is 11.3 Å². The van der Waals surface area contributed by atoms with E-state index in [1.165, 1.54) is 11.3 Å². The van der Waals surface area contributed by atoms with E-state index in [4.69, 9.17) is 21.1 Å². The van der Waals surface area contributed by atoms with E-state index in [1.807, 2.05) is 54.8 Å². The molecule has 1 N–H and O–H groups in total. The van der Waals surface area contributed by atoms with Crippen molar-refractivity contribution < 1.29 is 14.3 Å². The Kier molecular flexibility index (Phi) is 8.11. The van der Waals surface area contributed by atoms with Gasteiger partial charge in [0.15, 0.2) is 5.13 Å². The molecule has 5 nitrogen and oxygen atoms in total. The van der Waals surface area contributed by atoms with Crippen LogP contribution in [-0.2, 0) is 4.79 Å². The molecule has 0 bridgehead atoms. The Hall–Kier alpha value is -2.57. The highest BCUT2D eigenvalue weighted by atomic mass is 35.5. The number of carbonyl (C=O) groups is 1. The molecule has 0 saturated carbocycles. The zero-order valence-electron chi connectivity index (χ0n) is 17.1. The summed E-state index contributed by atoms with van der Waals surface area (Å²) in [5.74, 6) is 1.53. The average molecular weight is 445 g/mol. The summed E-state index contributed by atoms with van der Waals surface area (Å²) in [4.78, 5) is 16.7. The van der Waals surface area contributed by atoms with Gasteiger partial charge in [0.05, 0.1) is 18.9 Å². The lowest BCUT2D eigenvalue weighted by Gasteiger charge is -2.07. The van der Waals surface area contributed by atoms with Crippen LogP contribution in [-0.4, -0.2) is 24.1 Å². The minimum atomic E-state index is -0.0740. The summed E-state index contributed by atoms with van der Waals surface area (Å²) in [5, 5.41) is 6.10. The first-order valence-corrected chi connectivity index (χ1v) is 11.2. The van der Waals surface area contributed by atoms with Gasteiger partial charge in [-0.3, -0.25) is 4.79 Å². The summed E-state index contributed by atoms with van der Waals surface area (Å²) in [5.41, 5.74) is 2.79. The number of aromatic nitrogens is 1. The largest absolute Gasteiger partial charge is 0.494 e. The van der Waals surface area contributed by atoms with Crippen molar-refractivity contribution in [3.8, 4) is 22.8 Å². The Bertz CT molecular complexity index is 973. The number of halogens is 1. The smallest absolute Gasteiger partial charge is 0.226 e. The first-order valence-electron chi connectivity index (χ1n) is 9.92. The van der Waals surface area contributed by atoms with Crippen LogP contribution in [0.5, 0.6) is 11.5 Å². The van der Waals surface area contributed by atoms with Gasteiger partial charge in [-0.1, -0.05) is 18.5 Å². The zero-order valence-corrected chi connectivity index (χ0v) is 18.7. The van der Waals surface area contributed by atoms with Gasteiger partial charge in [0.2, 0.25) is 5.91 Å². The van der Waals surface area contributed by atoms with Crippen molar-refractivity contribution in [2.45, 2.75) is 33.1 Å². The van der Waals surface area contributed by atoms with Crippen LogP contribution in [0.25, 0.3) is 11.3 Å². The van der Waals surface area contributed by atoms with Crippen LogP contribution in [0.4, 0.5) is 5.13 Å². The molecule has 0 radical (unpaired) electrons. The Morgan fingerprint density at radius 2 is 1.83 bits per heavy atom. The first kappa shape index (κ1) is 22.1. The Balaban J connectivity index is 1.43. The maximum absolute atomic E-state index is 12.2. The van der Waals surface area contributed by atoms with E-state index >= 15 is 0 Å². The monoisotopic (exact) mass is 444 g/mol. The van der Waals surface area contributed by atoms with Crippen molar-refractivity contribution in [3.05, 3.63) is 58.4 Å². The van der Waals surface area contributed by atoms with E-state index in [1.54, 1.807) is 0 Å². The molecule has 0 saturated heterocycles. The second kappa shape index (κ2) is 11.0. The number of amides is 1. The van der Waals surface area contributed by atoms with Gasteiger partial charge in [0.1, 0.15) is 11.5 Å². The molecule has 0 aliphatic heterocycles. The lowest BCUT2D eigenvalue weighted by molar-refractivity contribution is -0.116. The molecule has 3 rings (SSSR count). The standard InChI is InChI=1S/C23H25ClN2O3S/c1-3-12-28-18-8-6-17(7-9-18)21-15-30-23(25-21)26-22(27)5-4-13-29-19-10-11-20(24)16(2)14-19/h6-11,14-15H,3-5,12-13H2,1-2H3,(H,25,26,27). The Morgan fingerprint density at radius 3 is 2.57 bits per heavy atom. The van der Waals surface area contributed by atoms with Gasteiger partial charge >= 0.3 is 0 Å². The predicted octanol–water partition coefficient (Wildman–Crippen LogP) is 6.36. The highest BCUT2D eigenvalue weighted by Crippen LogP contribution is 2.27. The number of nitrogens with zero attached hydrogens (tertiary/aromatic N) is 1. The van der Waals surface area contributed by atoms with Crippen molar-refractivity contribution in [2.75, 3.05) is 18.5 Å². The normalized spacial score (nSPS) is 10.6. The number of nitrogens with one attached hydrogen (secondary N) is 1. The number of ether oxygens (including phenoxy) is 2. The van der Waals surface area contributed by atoms with Gasteiger partial charge in [0.25, 0.3) is 0 Å². The van der Waals surface area contributed by atoms with Crippen LogP contribution >= 0.6 is 22.9 Å². The van der Waals surface area contributed by atoms with Gasteiger partial charge in [-0.2, -0.15) is 0 Å². The van der Waals surface area contributed by atoms with E-state index in [0.29, 0.717) is 36.2 Å². The molecule has 2 aromatic carbocycles. The molecule has 0 unspecified atom stereocenters. The van der Waals surface area contributed by atoms with Crippen molar-refractivity contribution in [2.24, 2.45) is 0 Å². The maximum atomic E-state index is 12.2. The molecule has 0 fully saturated rings. The molecule has 0 aliphatic carbocycles. The second-order valence-corrected chi connectivity index (χ2v) is 8.09. The SMILES string of the molecule is CCCOc1ccc(-c2csc(NC(=O)CCCOc3ccc(Cl)c(C)c3)n2)cc1. The molecule has 0 aliphatic rings. The predicted molar refractivity (Wildman–Crippen MR) is 123 cm³/mol. The van der Waals surface area contributed by atoms with Gasteiger partial charge in [-0.05, 0) is 67.8 Å². The summed E-state index contributed by atoms with van der Waals surface area (Å²) in [6.45, 7) is 5.17. The number of hydrogen-bond acceptors (Lipinski definition) is 5. The van der Waals surface area contributed by atoms with E-state index in [9.17, 15) is 4.79 Å². The number of thiazole rings is 1. The summed E-state index contributed by atoms with van der Waals surface area (Å²) >= 11 is 7.42. The molecule has 1 amide bonds. The van der Waals surface area contributed by atoms with Crippen LogP contribution in [0.1, 0.15) is 31.7 Å².